The molecule has 1 aliphatic heterocycles. The Morgan fingerprint density at radius 1 is 0.662 bits per heavy atom. The van der Waals surface area contributed by atoms with E-state index in [4.69, 9.17) is 24.1 Å². The molecule has 3 heterocycles. The molecule has 1 fully saturated rings. The number of likely N-dealkylation sites (tertiary alicyclic amines) is 1. The number of fused-ring (bicyclic) bond motifs is 7. The Morgan fingerprint density at radius 2 is 1.23 bits per heavy atom. The van der Waals surface area contributed by atoms with Gasteiger partial charge < -0.3 is 48.8 Å². The molecule has 10 rings (SSSR count). The monoisotopic (exact) mass is 1080 g/mol. The highest BCUT2D eigenvalue weighted by molar-refractivity contribution is 5.94. The van der Waals surface area contributed by atoms with Gasteiger partial charge in [-0.05, 0) is 87.7 Å². The van der Waals surface area contributed by atoms with Crippen LogP contribution in [0, 0.1) is 0 Å². The summed E-state index contributed by atoms with van der Waals surface area (Å²) in [5, 5.41) is 25.9. The van der Waals surface area contributed by atoms with Crippen LogP contribution in [0.3, 0.4) is 0 Å². The Kier molecular flexibility index (Phi) is 17.1. The van der Waals surface area contributed by atoms with Gasteiger partial charge in [-0.3, -0.25) is 9.59 Å². The van der Waals surface area contributed by atoms with Gasteiger partial charge in [0.2, 0.25) is 11.8 Å². The highest BCUT2D eigenvalue weighted by Gasteiger charge is 2.34. The number of benzene rings is 5. The zero-order chi connectivity index (χ0) is 55.7. The number of aromatic nitrogens is 2. The fourth-order valence-electron chi connectivity index (χ4n) is 11.2. The van der Waals surface area contributed by atoms with Crippen LogP contribution in [-0.4, -0.2) is 149 Å². The van der Waals surface area contributed by atoms with E-state index < -0.39 is 23.9 Å². The van der Waals surface area contributed by atoms with Gasteiger partial charge in [-0.15, -0.1) is 0 Å². The fraction of sp³-hybridized carbons (Fsp3) is 0.323. The molecule has 0 unspecified atom stereocenters. The van der Waals surface area contributed by atoms with Crippen LogP contribution >= 0.6 is 0 Å². The largest absolute Gasteiger partial charge is 0.507 e. The summed E-state index contributed by atoms with van der Waals surface area (Å²) in [5.74, 6) is -2.31. The molecule has 414 valence electrons. The lowest BCUT2D eigenvalue weighted by Gasteiger charge is -2.38. The number of ether oxygens (including phenoxy) is 4. The zero-order valence-corrected chi connectivity index (χ0v) is 44.9. The van der Waals surface area contributed by atoms with Crippen molar-refractivity contribution in [3.63, 3.8) is 0 Å². The topological polar surface area (TPSA) is 206 Å². The predicted octanol–water partition coefficient (Wildman–Crippen LogP) is 9.36. The van der Waals surface area contributed by atoms with Crippen LogP contribution in [-0.2, 0) is 41.6 Å². The Bertz CT molecular complexity index is 3300. The number of aromatic carboxylic acids is 1. The van der Waals surface area contributed by atoms with Crippen molar-refractivity contribution in [3.05, 3.63) is 173 Å². The normalized spacial score (nSPS) is 13.9. The van der Waals surface area contributed by atoms with Crippen LogP contribution in [0.25, 0.3) is 33.3 Å². The van der Waals surface area contributed by atoms with Crippen LogP contribution < -0.4 is 5.32 Å². The summed E-state index contributed by atoms with van der Waals surface area (Å²) in [6.07, 6.45) is 2.11. The minimum Gasteiger partial charge on any atom is -0.507 e. The Balaban J connectivity index is 0.723. The number of anilines is 1. The first-order valence-corrected chi connectivity index (χ1v) is 27.1. The summed E-state index contributed by atoms with van der Waals surface area (Å²) in [6.45, 7) is 2.89. The lowest BCUT2D eigenvalue weighted by atomic mass is 9.98. The number of hydrogen-bond donors (Lipinski definition) is 3. The smallest absolute Gasteiger partial charge is 0.424 e. The number of nitrogens with one attached hydrogen (secondary N) is 1. The predicted molar refractivity (Wildman–Crippen MR) is 300 cm³/mol. The summed E-state index contributed by atoms with van der Waals surface area (Å²) in [4.78, 5) is 73.8. The van der Waals surface area contributed by atoms with Gasteiger partial charge in [-0.2, -0.15) is 0 Å². The number of phenols is 1. The quantitative estimate of drug-likeness (QED) is 0.0428. The molecule has 0 atom stereocenters. The number of rotatable bonds is 22. The number of pyridine rings is 1. The molecule has 2 aliphatic carbocycles. The molecule has 0 spiro atoms. The molecule has 0 bridgehead atoms. The molecule has 0 radical (unpaired) electrons. The summed E-state index contributed by atoms with van der Waals surface area (Å²) < 4.78 is 25.8. The van der Waals surface area contributed by atoms with Crippen molar-refractivity contribution >= 4 is 46.7 Å². The number of carboxylic acid groups (broad SMARTS) is 1. The molecule has 80 heavy (non-hydrogen) atoms. The molecule has 7 aromatic rings. The number of piperidine rings is 1. The van der Waals surface area contributed by atoms with Gasteiger partial charge in [-0.1, -0.05) is 97.1 Å². The van der Waals surface area contributed by atoms with Crippen LogP contribution in [0.2, 0.25) is 0 Å². The van der Waals surface area contributed by atoms with E-state index in [9.17, 15) is 29.1 Å². The lowest BCUT2D eigenvalue weighted by molar-refractivity contribution is -0.133. The molecule has 3 N–H and O–H groups in total. The number of carbonyl (C=O) groups is 5. The highest BCUT2D eigenvalue weighted by atomic mass is 16.6. The maximum atomic E-state index is 14.2. The summed E-state index contributed by atoms with van der Waals surface area (Å²) >= 11 is 0. The number of hydrazine groups is 1. The molecule has 5 aromatic carbocycles. The van der Waals surface area contributed by atoms with Crippen LogP contribution in [0.15, 0.2) is 140 Å². The minimum atomic E-state index is -1.28. The Hall–Kier alpha value is -8.58. The van der Waals surface area contributed by atoms with E-state index in [-0.39, 0.29) is 100.0 Å². The maximum Gasteiger partial charge on any atom is 0.424 e. The number of nitrogens with zero attached hydrogens (tertiary/aromatic N) is 6. The average molecular weight is 1080 g/mol. The van der Waals surface area contributed by atoms with Crippen molar-refractivity contribution in [2.75, 3.05) is 78.7 Å². The summed E-state index contributed by atoms with van der Waals surface area (Å²) in [6, 6.07) is 42.3. The first-order valence-electron chi connectivity index (χ1n) is 27.1. The van der Waals surface area contributed by atoms with E-state index >= 15 is 0 Å². The van der Waals surface area contributed by atoms with Crippen molar-refractivity contribution in [3.8, 4) is 28.0 Å². The van der Waals surface area contributed by atoms with E-state index in [0.29, 0.717) is 39.0 Å². The lowest BCUT2D eigenvalue weighted by Crippen LogP contribution is -2.50. The van der Waals surface area contributed by atoms with Gasteiger partial charge >= 0.3 is 18.2 Å². The van der Waals surface area contributed by atoms with Crippen molar-refractivity contribution < 1.29 is 53.1 Å². The van der Waals surface area contributed by atoms with Gasteiger partial charge in [0.25, 0.3) is 0 Å². The molecule has 4 amide bonds. The molecule has 0 saturated carbocycles. The molecule has 18 heteroatoms. The molecule has 1 saturated heterocycles. The Morgan fingerprint density at radius 3 is 1.80 bits per heavy atom. The third-order valence-electron chi connectivity index (χ3n) is 15.5. The fourth-order valence-corrected chi connectivity index (χ4v) is 11.2. The number of amides is 4. The number of carboxylic acids is 1. The first-order chi connectivity index (χ1) is 38.9. The van der Waals surface area contributed by atoms with E-state index in [2.05, 4.69) is 58.8 Å². The van der Waals surface area contributed by atoms with Crippen molar-refractivity contribution in [2.24, 2.45) is 0 Å². The van der Waals surface area contributed by atoms with Crippen LogP contribution in [0.1, 0.15) is 75.8 Å². The van der Waals surface area contributed by atoms with Gasteiger partial charge in [0.15, 0.2) is 0 Å². The van der Waals surface area contributed by atoms with E-state index in [0.717, 1.165) is 61.2 Å². The second-order valence-electron chi connectivity index (χ2n) is 20.3. The van der Waals surface area contributed by atoms with Gasteiger partial charge in [-0.25, -0.2) is 29.4 Å². The second kappa shape index (κ2) is 25.0. The van der Waals surface area contributed by atoms with Crippen molar-refractivity contribution in [1.82, 2.24) is 29.4 Å². The highest BCUT2D eigenvalue weighted by Crippen LogP contribution is 2.46. The molecular formula is C62H65N7O11. The number of hydrogen-bond acceptors (Lipinski definition) is 12. The molecular weight excluding hydrogens is 1020 g/mol. The molecule has 2 aromatic heterocycles. The molecule has 3 aliphatic rings. The summed E-state index contributed by atoms with van der Waals surface area (Å²) in [5.41, 5.74) is 10.7. The Labute approximate surface area is 464 Å². The standard InChI is InChI=1S/C62H65N7O11/c1-65(66(2)61(75)79-39-54-49-17-7-3-13-45(49)46-14-4-8-18-50(46)54)38-44-36-41-12-11-27-63-59(41)68(44)30-25-58(72)67-28-23-43(24-29-67)69(62(76)80-40-55-51-19-9-5-15-47(51)48-16-6-10-20-52(48)55)31-33-78-35-34-77-32-26-57(71)64-42-21-22-53(60(73)74)56(70)37-42/h3-22,27,36-37,43,54-55,70H,23-26,28-35,38-40H2,1-2H3,(H,64,71)(H,73,74). The minimum absolute atomic E-state index is 0.0153. The van der Waals surface area contributed by atoms with Crippen LogP contribution in [0.5, 0.6) is 5.75 Å². The molecule has 18 nitrogen and oxygen atoms in total. The zero-order valence-electron chi connectivity index (χ0n) is 44.9. The second-order valence-corrected chi connectivity index (χ2v) is 20.3. The SMILES string of the molecule is CN(Cc1cc2cccnc2n1CCC(=O)N1CCC(N(CCOCCOCCC(=O)Nc2ccc(C(=O)O)c(O)c2)C(=O)OCC2c3ccccc3-c3ccccc32)CC1)N(C)C(=O)OCC1c2ccccc2-c2ccccc21. The third kappa shape index (κ3) is 12.2. The maximum absolute atomic E-state index is 14.2. The van der Waals surface area contributed by atoms with Gasteiger partial charge in [0, 0.05) is 93.6 Å². The third-order valence-corrected chi connectivity index (χ3v) is 15.5. The van der Waals surface area contributed by atoms with Crippen molar-refractivity contribution in [1.29, 1.82) is 0 Å². The number of aryl methyl sites for hydroxylation is 1. The van der Waals surface area contributed by atoms with E-state index in [1.807, 2.05) is 83.2 Å². The number of carbonyl (C=O) groups excluding carboxylic acids is 4. The van der Waals surface area contributed by atoms with E-state index in [1.165, 1.54) is 23.2 Å². The summed E-state index contributed by atoms with van der Waals surface area (Å²) in [7, 11) is 3.52. The van der Waals surface area contributed by atoms with Gasteiger partial charge in [0.1, 0.15) is 30.2 Å². The number of aromatic hydroxyl groups is 1. The first kappa shape index (κ1) is 54.8. The average Bonchev–Trinajstić information content (AvgIpc) is 4.16. The van der Waals surface area contributed by atoms with E-state index in [1.54, 1.807) is 23.2 Å². The van der Waals surface area contributed by atoms with Crippen LogP contribution in [0.4, 0.5) is 15.3 Å². The van der Waals surface area contributed by atoms with Gasteiger partial charge in [0.05, 0.1) is 39.4 Å². The van der Waals surface area contributed by atoms with Crippen molar-refractivity contribution in [2.45, 2.75) is 56.7 Å².